The SMILES string of the molecule is CCN=C(NC1CCc2ncnn2C1)NC1CC1(C)c1ccccc1OC.I. The fraction of sp³-hybridized carbons (Fsp3) is 0.550. The Labute approximate surface area is 183 Å². The zero-order valence-electron chi connectivity index (χ0n) is 16.7. The highest BCUT2D eigenvalue weighted by Gasteiger charge is 2.53. The lowest BCUT2D eigenvalue weighted by atomic mass is 9.96. The largest absolute Gasteiger partial charge is 0.496 e. The molecule has 0 saturated heterocycles. The average Bonchev–Trinajstić information content (AvgIpc) is 3.11. The molecule has 8 heteroatoms. The van der Waals surface area contributed by atoms with Gasteiger partial charge in [0.25, 0.3) is 0 Å². The van der Waals surface area contributed by atoms with E-state index in [1.54, 1.807) is 13.4 Å². The summed E-state index contributed by atoms with van der Waals surface area (Å²) < 4.78 is 7.56. The van der Waals surface area contributed by atoms with Crippen LogP contribution in [-0.2, 0) is 18.4 Å². The number of nitrogens with one attached hydrogen (secondary N) is 2. The normalized spacial score (nSPS) is 26.0. The van der Waals surface area contributed by atoms with Crippen LogP contribution in [0.5, 0.6) is 5.75 Å². The second kappa shape index (κ2) is 8.67. The molecule has 1 aliphatic heterocycles. The van der Waals surface area contributed by atoms with E-state index in [-0.39, 0.29) is 29.4 Å². The van der Waals surface area contributed by atoms with Gasteiger partial charge in [-0.2, -0.15) is 5.10 Å². The minimum atomic E-state index is 0. The van der Waals surface area contributed by atoms with Gasteiger partial charge in [0.05, 0.1) is 13.7 Å². The first kappa shape index (κ1) is 20.9. The third kappa shape index (κ3) is 4.11. The summed E-state index contributed by atoms with van der Waals surface area (Å²) in [6.07, 6.45) is 4.69. The number of fused-ring (bicyclic) bond motifs is 1. The van der Waals surface area contributed by atoms with Crippen LogP contribution in [0.1, 0.15) is 38.1 Å². The molecule has 1 aliphatic carbocycles. The second-order valence-corrected chi connectivity index (χ2v) is 7.58. The first-order chi connectivity index (χ1) is 13.1. The number of hydrogen-bond donors (Lipinski definition) is 2. The highest BCUT2D eigenvalue weighted by Crippen LogP contribution is 2.50. The number of aromatic nitrogens is 3. The summed E-state index contributed by atoms with van der Waals surface area (Å²) >= 11 is 0. The Balaban J connectivity index is 0.00000225. The monoisotopic (exact) mass is 496 g/mol. The number of aryl methyl sites for hydroxylation is 1. The van der Waals surface area contributed by atoms with Gasteiger partial charge in [-0.1, -0.05) is 25.1 Å². The summed E-state index contributed by atoms with van der Waals surface area (Å²) in [6.45, 7) is 5.92. The van der Waals surface area contributed by atoms with Gasteiger partial charge < -0.3 is 15.4 Å². The van der Waals surface area contributed by atoms with Gasteiger partial charge in [0, 0.05) is 36.0 Å². The molecule has 28 heavy (non-hydrogen) atoms. The third-order valence-electron chi connectivity index (χ3n) is 5.73. The first-order valence-corrected chi connectivity index (χ1v) is 9.71. The van der Waals surface area contributed by atoms with Gasteiger partial charge in [-0.15, -0.1) is 24.0 Å². The smallest absolute Gasteiger partial charge is 0.191 e. The lowest BCUT2D eigenvalue weighted by molar-refractivity contribution is 0.391. The minimum absolute atomic E-state index is 0. The van der Waals surface area contributed by atoms with Crippen LogP contribution in [0.25, 0.3) is 0 Å². The molecule has 3 atom stereocenters. The number of nitrogens with zero attached hydrogens (tertiary/aromatic N) is 4. The zero-order valence-corrected chi connectivity index (χ0v) is 19.0. The molecule has 2 N–H and O–H groups in total. The van der Waals surface area contributed by atoms with Crippen LogP contribution >= 0.6 is 24.0 Å². The standard InChI is InChI=1S/C20H28N6O.HI/c1-4-21-19(24-14-9-10-18-22-13-23-26(18)12-14)25-17-11-20(17,2)15-7-5-6-8-16(15)27-3;/h5-8,13-14,17H,4,9-12H2,1-3H3,(H2,21,24,25);1H. The molecule has 152 valence electrons. The number of para-hydroxylation sites is 1. The third-order valence-corrected chi connectivity index (χ3v) is 5.73. The molecule has 2 heterocycles. The van der Waals surface area contributed by atoms with Gasteiger partial charge in [-0.05, 0) is 25.8 Å². The molecule has 1 saturated carbocycles. The van der Waals surface area contributed by atoms with Gasteiger partial charge in [0.1, 0.15) is 17.9 Å². The fourth-order valence-corrected chi connectivity index (χ4v) is 3.99. The Morgan fingerprint density at radius 3 is 2.96 bits per heavy atom. The van der Waals surface area contributed by atoms with Crippen molar-refractivity contribution in [2.24, 2.45) is 4.99 Å². The molecule has 1 aromatic carbocycles. The summed E-state index contributed by atoms with van der Waals surface area (Å²) in [7, 11) is 1.74. The molecule has 1 fully saturated rings. The Morgan fingerprint density at radius 1 is 1.36 bits per heavy atom. The lowest BCUT2D eigenvalue weighted by Crippen LogP contribution is -2.48. The number of rotatable bonds is 5. The molecule has 0 spiro atoms. The summed E-state index contributed by atoms with van der Waals surface area (Å²) in [5, 5.41) is 11.5. The molecule has 0 amide bonds. The van der Waals surface area contributed by atoms with Crippen molar-refractivity contribution < 1.29 is 4.74 Å². The highest BCUT2D eigenvalue weighted by atomic mass is 127. The van der Waals surface area contributed by atoms with E-state index >= 15 is 0 Å². The van der Waals surface area contributed by atoms with Crippen molar-refractivity contribution in [3.63, 3.8) is 0 Å². The van der Waals surface area contributed by atoms with Crippen LogP contribution in [0.4, 0.5) is 0 Å². The van der Waals surface area contributed by atoms with Crippen molar-refractivity contribution in [1.82, 2.24) is 25.4 Å². The van der Waals surface area contributed by atoms with E-state index in [9.17, 15) is 0 Å². The maximum absolute atomic E-state index is 5.57. The molecule has 2 aliphatic rings. The fourth-order valence-electron chi connectivity index (χ4n) is 3.99. The molecule has 0 radical (unpaired) electrons. The Hall–Kier alpha value is -1.84. The lowest BCUT2D eigenvalue weighted by Gasteiger charge is -2.26. The maximum atomic E-state index is 5.57. The Morgan fingerprint density at radius 2 is 2.18 bits per heavy atom. The van der Waals surface area contributed by atoms with Crippen molar-refractivity contribution in [3.8, 4) is 5.75 Å². The van der Waals surface area contributed by atoms with E-state index in [0.717, 1.165) is 49.9 Å². The maximum Gasteiger partial charge on any atom is 0.191 e. The predicted molar refractivity (Wildman–Crippen MR) is 121 cm³/mol. The number of ether oxygens (including phenoxy) is 1. The Kier molecular flexibility index (Phi) is 6.47. The molecule has 1 aromatic heterocycles. The second-order valence-electron chi connectivity index (χ2n) is 7.58. The minimum Gasteiger partial charge on any atom is -0.496 e. The van der Waals surface area contributed by atoms with E-state index in [4.69, 9.17) is 4.74 Å². The summed E-state index contributed by atoms with van der Waals surface area (Å²) in [5.74, 6) is 2.91. The topological polar surface area (TPSA) is 76.4 Å². The van der Waals surface area contributed by atoms with Crippen LogP contribution in [0.15, 0.2) is 35.6 Å². The number of methoxy groups -OCH3 is 1. The number of benzene rings is 1. The predicted octanol–water partition coefficient (Wildman–Crippen LogP) is 2.50. The van der Waals surface area contributed by atoms with E-state index in [1.165, 1.54) is 5.56 Å². The number of guanidine groups is 1. The van der Waals surface area contributed by atoms with Crippen molar-refractivity contribution in [2.45, 2.75) is 57.2 Å². The number of halogens is 1. The van der Waals surface area contributed by atoms with Gasteiger partial charge in [-0.3, -0.25) is 4.99 Å². The van der Waals surface area contributed by atoms with Gasteiger partial charge in [0.15, 0.2) is 5.96 Å². The molecule has 2 aromatic rings. The summed E-state index contributed by atoms with van der Waals surface area (Å²) in [5.41, 5.74) is 1.32. The van der Waals surface area contributed by atoms with Crippen LogP contribution in [0, 0.1) is 0 Å². The van der Waals surface area contributed by atoms with Crippen LogP contribution < -0.4 is 15.4 Å². The van der Waals surface area contributed by atoms with Crippen LogP contribution in [0.2, 0.25) is 0 Å². The quantitative estimate of drug-likeness (QED) is 0.378. The van der Waals surface area contributed by atoms with E-state index in [2.05, 4.69) is 51.7 Å². The van der Waals surface area contributed by atoms with Gasteiger partial charge in [0.2, 0.25) is 0 Å². The van der Waals surface area contributed by atoms with Gasteiger partial charge >= 0.3 is 0 Å². The van der Waals surface area contributed by atoms with Crippen molar-refractivity contribution >= 4 is 29.9 Å². The molecule has 7 nitrogen and oxygen atoms in total. The zero-order chi connectivity index (χ0) is 18.9. The first-order valence-electron chi connectivity index (χ1n) is 9.71. The van der Waals surface area contributed by atoms with Gasteiger partial charge in [-0.25, -0.2) is 9.67 Å². The molecule has 3 unspecified atom stereocenters. The average molecular weight is 496 g/mol. The molecule has 4 rings (SSSR count). The van der Waals surface area contributed by atoms with Crippen molar-refractivity contribution in [3.05, 3.63) is 42.0 Å². The van der Waals surface area contributed by atoms with Crippen molar-refractivity contribution in [2.75, 3.05) is 13.7 Å². The van der Waals surface area contributed by atoms with E-state index in [1.807, 2.05) is 16.8 Å². The molecular weight excluding hydrogens is 467 g/mol. The van der Waals surface area contributed by atoms with Crippen LogP contribution in [-0.4, -0.2) is 46.5 Å². The molecular formula is C20H29IN6O. The molecule has 0 bridgehead atoms. The van der Waals surface area contributed by atoms with Crippen molar-refractivity contribution in [1.29, 1.82) is 0 Å². The number of aliphatic imine (C=N–C) groups is 1. The summed E-state index contributed by atoms with van der Waals surface area (Å²) in [4.78, 5) is 8.96. The number of hydrogen-bond acceptors (Lipinski definition) is 4. The Bertz CT molecular complexity index is 838. The van der Waals surface area contributed by atoms with Crippen LogP contribution in [0.3, 0.4) is 0 Å². The highest BCUT2D eigenvalue weighted by molar-refractivity contribution is 14.0. The van der Waals surface area contributed by atoms with E-state index in [0.29, 0.717) is 12.1 Å². The van der Waals surface area contributed by atoms with E-state index < -0.39 is 0 Å². The summed E-state index contributed by atoms with van der Waals surface area (Å²) in [6, 6.07) is 8.95.